The van der Waals surface area contributed by atoms with E-state index in [9.17, 15) is 31.5 Å². The van der Waals surface area contributed by atoms with Gasteiger partial charge >= 0.3 is 12.3 Å². The van der Waals surface area contributed by atoms with Crippen LogP contribution in [-0.2, 0) is 12.7 Å². The number of likely N-dealkylation sites (tertiary alicyclic amines) is 1. The van der Waals surface area contributed by atoms with Gasteiger partial charge in [0.15, 0.2) is 0 Å². The standard InChI is InChI=1S/C23H17F5N2O4/c24-22(25)11-30(12-22)20(31)14-3-1-13(2-4-14)15-5-7-17(18(9-15)23(26,27)28)19-8-6-16(34-19)10-29-21(32)33/h1-9,29H,10-12H2,(H,32,33). The van der Waals surface area contributed by atoms with Crippen molar-refractivity contribution >= 4 is 12.0 Å². The van der Waals surface area contributed by atoms with Crippen LogP contribution < -0.4 is 5.32 Å². The summed E-state index contributed by atoms with van der Waals surface area (Å²) < 4.78 is 72.8. The number of nitrogens with zero attached hydrogens (tertiary/aromatic N) is 1. The van der Waals surface area contributed by atoms with E-state index in [-0.39, 0.29) is 34.8 Å². The van der Waals surface area contributed by atoms with Gasteiger partial charge in [0.25, 0.3) is 11.8 Å². The van der Waals surface area contributed by atoms with E-state index in [0.29, 0.717) is 5.56 Å². The van der Waals surface area contributed by atoms with Crippen molar-refractivity contribution in [2.75, 3.05) is 13.1 Å². The number of rotatable bonds is 5. The van der Waals surface area contributed by atoms with E-state index in [1.54, 1.807) is 0 Å². The fraction of sp³-hybridized carbons (Fsp3) is 0.217. The van der Waals surface area contributed by atoms with Gasteiger partial charge < -0.3 is 19.7 Å². The zero-order valence-electron chi connectivity index (χ0n) is 17.3. The van der Waals surface area contributed by atoms with Crippen LogP contribution in [0.4, 0.5) is 26.7 Å². The second kappa shape index (κ2) is 8.47. The Labute approximate surface area is 189 Å². The summed E-state index contributed by atoms with van der Waals surface area (Å²) >= 11 is 0. The summed E-state index contributed by atoms with van der Waals surface area (Å²) in [5.74, 6) is -3.40. The number of carbonyl (C=O) groups excluding carboxylic acids is 1. The minimum atomic E-state index is -4.71. The maximum absolute atomic E-state index is 13.8. The van der Waals surface area contributed by atoms with Gasteiger partial charge in [-0.2, -0.15) is 13.2 Å². The van der Waals surface area contributed by atoms with E-state index in [4.69, 9.17) is 9.52 Å². The number of alkyl halides is 5. The zero-order chi connectivity index (χ0) is 24.7. The van der Waals surface area contributed by atoms with Gasteiger partial charge in [0.1, 0.15) is 11.5 Å². The monoisotopic (exact) mass is 480 g/mol. The summed E-state index contributed by atoms with van der Waals surface area (Å²) in [5.41, 5.74) is -0.397. The lowest BCUT2D eigenvalue weighted by Crippen LogP contribution is -2.58. The first-order valence-corrected chi connectivity index (χ1v) is 9.98. The molecule has 0 atom stereocenters. The number of amides is 2. The van der Waals surface area contributed by atoms with Crippen LogP contribution in [0.2, 0.25) is 0 Å². The van der Waals surface area contributed by atoms with Crippen LogP contribution in [0, 0.1) is 0 Å². The van der Waals surface area contributed by atoms with Gasteiger partial charge in [-0.15, -0.1) is 0 Å². The molecule has 0 aliphatic carbocycles. The molecule has 0 unspecified atom stereocenters. The molecule has 3 aromatic rings. The molecule has 2 N–H and O–H groups in total. The molecule has 0 saturated carbocycles. The second-order valence-electron chi connectivity index (χ2n) is 7.78. The van der Waals surface area contributed by atoms with Gasteiger partial charge in [0.05, 0.1) is 25.2 Å². The largest absolute Gasteiger partial charge is 0.465 e. The maximum atomic E-state index is 13.8. The topological polar surface area (TPSA) is 82.8 Å². The highest BCUT2D eigenvalue weighted by Crippen LogP contribution is 2.40. The van der Waals surface area contributed by atoms with E-state index >= 15 is 0 Å². The highest BCUT2D eigenvalue weighted by atomic mass is 19.4. The molecular formula is C23H17F5N2O4. The first kappa shape index (κ1) is 23.3. The number of nitrogens with one attached hydrogen (secondary N) is 1. The number of furan rings is 1. The minimum Gasteiger partial charge on any atom is -0.465 e. The van der Waals surface area contributed by atoms with Crippen molar-refractivity contribution in [3.8, 4) is 22.5 Å². The van der Waals surface area contributed by atoms with Crippen molar-refractivity contribution in [2.45, 2.75) is 18.6 Å². The first-order valence-electron chi connectivity index (χ1n) is 9.98. The van der Waals surface area contributed by atoms with Crippen molar-refractivity contribution in [3.05, 3.63) is 71.5 Å². The third kappa shape index (κ3) is 4.87. The molecule has 1 aliphatic rings. The third-order valence-electron chi connectivity index (χ3n) is 5.26. The van der Waals surface area contributed by atoms with E-state index in [1.807, 2.05) is 0 Å². The van der Waals surface area contributed by atoms with E-state index < -0.39 is 42.8 Å². The molecule has 6 nitrogen and oxygen atoms in total. The van der Waals surface area contributed by atoms with E-state index in [1.165, 1.54) is 48.5 Å². The van der Waals surface area contributed by atoms with Gasteiger partial charge in [-0.1, -0.05) is 24.3 Å². The summed E-state index contributed by atoms with van der Waals surface area (Å²) in [6.07, 6.45) is -6.01. The molecule has 1 aromatic heterocycles. The fourth-order valence-corrected chi connectivity index (χ4v) is 3.60. The Morgan fingerprint density at radius 3 is 2.24 bits per heavy atom. The summed E-state index contributed by atoms with van der Waals surface area (Å²) in [7, 11) is 0. The Kier molecular flexibility index (Phi) is 5.80. The van der Waals surface area contributed by atoms with Gasteiger partial charge in [0, 0.05) is 11.1 Å². The minimum absolute atomic E-state index is 0.0756. The Bertz CT molecular complexity index is 1230. The van der Waals surface area contributed by atoms with E-state index in [2.05, 4.69) is 5.32 Å². The maximum Gasteiger partial charge on any atom is 0.417 e. The van der Waals surface area contributed by atoms with Gasteiger partial charge in [0.2, 0.25) is 0 Å². The second-order valence-corrected chi connectivity index (χ2v) is 7.78. The zero-order valence-corrected chi connectivity index (χ0v) is 17.3. The Balaban J connectivity index is 1.59. The smallest absolute Gasteiger partial charge is 0.417 e. The predicted molar refractivity (Wildman–Crippen MR) is 110 cm³/mol. The number of carboxylic acid groups (broad SMARTS) is 1. The van der Waals surface area contributed by atoms with E-state index in [0.717, 1.165) is 11.0 Å². The summed E-state index contributed by atoms with van der Waals surface area (Å²) in [5, 5.41) is 10.7. The number of halogens is 5. The van der Waals surface area contributed by atoms with Crippen LogP contribution in [0.3, 0.4) is 0 Å². The molecule has 0 bridgehead atoms. The normalized spacial score (nSPS) is 15.0. The molecule has 2 aromatic carbocycles. The molecule has 2 heterocycles. The lowest BCUT2D eigenvalue weighted by Gasteiger charge is -2.38. The van der Waals surface area contributed by atoms with Crippen molar-refractivity contribution < 1.29 is 41.1 Å². The van der Waals surface area contributed by atoms with Crippen LogP contribution in [0.25, 0.3) is 22.5 Å². The van der Waals surface area contributed by atoms with Crippen molar-refractivity contribution in [1.29, 1.82) is 0 Å². The number of hydrogen-bond donors (Lipinski definition) is 2. The molecule has 2 amide bonds. The Hall–Kier alpha value is -3.89. The van der Waals surface area contributed by atoms with Gasteiger partial charge in [-0.3, -0.25) is 4.79 Å². The number of hydrogen-bond acceptors (Lipinski definition) is 3. The summed E-state index contributed by atoms with van der Waals surface area (Å²) in [6, 6.07) is 12.0. The summed E-state index contributed by atoms with van der Waals surface area (Å²) in [6.45, 7) is -1.52. The average molecular weight is 480 g/mol. The SMILES string of the molecule is O=C(O)NCc1ccc(-c2ccc(-c3ccc(C(=O)N4CC(F)(F)C4)cc3)cc2C(F)(F)F)o1. The molecule has 178 valence electrons. The molecule has 11 heteroatoms. The molecule has 34 heavy (non-hydrogen) atoms. The fourth-order valence-electron chi connectivity index (χ4n) is 3.60. The van der Waals surface area contributed by atoms with Crippen molar-refractivity contribution in [1.82, 2.24) is 10.2 Å². The van der Waals surface area contributed by atoms with Crippen LogP contribution in [0.5, 0.6) is 0 Å². The first-order chi connectivity index (χ1) is 15.9. The lowest BCUT2D eigenvalue weighted by molar-refractivity contribution is -0.137. The molecule has 1 saturated heterocycles. The molecular weight excluding hydrogens is 463 g/mol. The molecule has 4 rings (SSSR count). The molecule has 1 fully saturated rings. The van der Waals surface area contributed by atoms with Crippen LogP contribution in [-0.4, -0.2) is 41.0 Å². The van der Waals surface area contributed by atoms with Crippen molar-refractivity contribution in [2.24, 2.45) is 0 Å². The van der Waals surface area contributed by atoms with Gasteiger partial charge in [-0.25, -0.2) is 13.6 Å². The van der Waals surface area contributed by atoms with Gasteiger partial charge in [-0.05, 0) is 41.5 Å². The molecule has 1 aliphatic heterocycles. The van der Waals surface area contributed by atoms with Crippen LogP contribution in [0.1, 0.15) is 21.7 Å². The molecule has 0 spiro atoms. The average Bonchev–Trinajstić information content (AvgIpc) is 3.23. The third-order valence-corrected chi connectivity index (χ3v) is 5.26. The summed E-state index contributed by atoms with van der Waals surface area (Å²) in [4.78, 5) is 23.8. The van der Waals surface area contributed by atoms with Crippen LogP contribution in [0.15, 0.2) is 59.0 Å². The number of carbonyl (C=O) groups is 2. The quantitative estimate of drug-likeness (QED) is 0.473. The number of benzene rings is 2. The van der Waals surface area contributed by atoms with Crippen LogP contribution >= 0.6 is 0 Å². The van der Waals surface area contributed by atoms with Crippen molar-refractivity contribution in [3.63, 3.8) is 0 Å². The highest BCUT2D eigenvalue weighted by molar-refractivity contribution is 5.95. The molecule has 0 radical (unpaired) electrons. The Morgan fingerprint density at radius 2 is 1.65 bits per heavy atom. The Morgan fingerprint density at radius 1 is 1.00 bits per heavy atom. The predicted octanol–water partition coefficient (Wildman–Crippen LogP) is 5.49. The lowest BCUT2D eigenvalue weighted by atomic mass is 9.96. The highest BCUT2D eigenvalue weighted by Gasteiger charge is 2.46.